The molecule has 0 aliphatic rings. The van der Waals surface area contributed by atoms with E-state index in [1.165, 1.54) is 0 Å². The third-order valence-electron chi connectivity index (χ3n) is 2.71. The molecule has 0 fully saturated rings. The molecule has 0 aliphatic carbocycles. The van der Waals surface area contributed by atoms with Gasteiger partial charge in [0.05, 0.1) is 5.54 Å². The first-order valence-electron chi connectivity index (χ1n) is 4.88. The van der Waals surface area contributed by atoms with Gasteiger partial charge in [-0.05, 0) is 30.7 Å². The van der Waals surface area contributed by atoms with Gasteiger partial charge in [-0.2, -0.15) is 5.10 Å². The van der Waals surface area contributed by atoms with Crippen molar-refractivity contribution < 1.29 is 0 Å². The lowest BCUT2D eigenvalue weighted by Gasteiger charge is -2.29. The summed E-state index contributed by atoms with van der Waals surface area (Å²) in [6.45, 7) is 2.56. The van der Waals surface area contributed by atoms with E-state index >= 15 is 0 Å². The second-order valence-corrected chi connectivity index (χ2v) is 3.66. The lowest BCUT2D eigenvalue weighted by atomic mass is 9.93. The van der Waals surface area contributed by atoms with Crippen LogP contribution >= 0.6 is 0 Å². The topological polar surface area (TPSA) is 56.7 Å². The fourth-order valence-electron chi connectivity index (χ4n) is 1.62. The second kappa shape index (κ2) is 3.82. The first-order valence-corrected chi connectivity index (χ1v) is 4.88. The maximum absolute atomic E-state index is 5.85. The van der Waals surface area contributed by atoms with E-state index in [0.717, 1.165) is 5.56 Å². The van der Waals surface area contributed by atoms with Crippen LogP contribution in [0.4, 0.5) is 0 Å². The average Bonchev–Trinajstić information content (AvgIpc) is 2.83. The zero-order chi connectivity index (χ0) is 10.7. The highest BCUT2D eigenvalue weighted by Gasteiger charge is 2.27. The van der Waals surface area contributed by atoms with Crippen LogP contribution in [0.2, 0.25) is 0 Å². The van der Waals surface area contributed by atoms with Gasteiger partial charge in [-0.1, -0.05) is 0 Å². The smallest absolute Gasteiger partial charge is 0.0970 e. The van der Waals surface area contributed by atoms with E-state index in [4.69, 9.17) is 5.73 Å². The van der Waals surface area contributed by atoms with Crippen molar-refractivity contribution in [3.8, 4) is 0 Å². The second-order valence-electron chi connectivity index (χ2n) is 3.66. The standard InChI is InChI=1S/C11H14N4/c1-11(9-12,15-8-2-5-14-15)10-3-6-13-7-4-10/h2-8H,9,12H2,1H3. The molecule has 4 heteroatoms. The Bertz CT molecular complexity index is 409. The first kappa shape index (κ1) is 9.86. The molecule has 0 amide bonds. The predicted octanol–water partition coefficient (Wildman–Crippen LogP) is 1.00. The van der Waals surface area contributed by atoms with Gasteiger partial charge < -0.3 is 5.73 Å². The van der Waals surface area contributed by atoms with E-state index in [1.807, 2.05) is 29.1 Å². The van der Waals surface area contributed by atoms with Crippen molar-refractivity contribution in [3.05, 3.63) is 48.5 Å². The zero-order valence-corrected chi connectivity index (χ0v) is 8.67. The number of nitrogens with two attached hydrogens (primary N) is 1. The van der Waals surface area contributed by atoms with Crippen LogP contribution in [0, 0.1) is 0 Å². The number of aromatic nitrogens is 3. The third-order valence-corrected chi connectivity index (χ3v) is 2.71. The van der Waals surface area contributed by atoms with Gasteiger partial charge in [0.25, 0.3) is 0 Å². The van der Waals surface area contributed by atoms with Gasteiger partial charge in [-0.25, -0.2) is 0 Å². The van der Waals surface area contributed by atoms with Crippen LogP contribution in [0.25, 0.3) is 0 Å². The quantitative estimate of drug-likeness (QED) is 0.807. The minimum atomic E-state index is -0.299. The summed E-state index contributed by atoms with van der Waals surface area (Å²) in [5.74, 6) is 0. The monoisotopic (exact) mass is 202 g/mol. The molecule has 1 unspecified atom stereocenters. The normalized spacial score (nSPS) is 14.8. The van der Waals surface area contributed by atoms with Crippen molar-refractivity contribution in [3.63, 3.8) is 0 Å². The van der Waals surface area contributed by atoms with E-state index in [0.29, 0.717) is 6.54 Å². The Balaban J connectivity index is 2.47. The Morgan fingerprint density at radius 3 is 2.60 bits per heavy atom. The van der Waals surface area contributed by atoms with E-state index in [1.54, 1.807) is 18.6 Å². The Morgan fingerprint density at radius 2 is 2.07 bits per heavy atom. The van der Waals surface area contributed by atoms with Gasteiger partial charge in [-0.3, -0.25) is 9.67 Å². The van der Waals surface area contributed by atoms with Crippen molar-refractivity contribution in [2.24, 2.45) is 5.73 Å². The molecule has 2 rings (SSSR count). The molecule has 1 atom stereocenters. The Labute approximate surface area is 88.8 Å². The Morgan fingerprint density at radius 1 is 1.33 bits per heavy atom. The van der Waals surface area contributed by atoms with Crippen LogP contribution in [0.1, 0.15) is 12.5 Å². The average molecular weight is 202 g/mol. The minimum absolute atomic E-state index is 0.299. The van der Waals surface area contributed by atoms with E-state index in [-0.39, 0.29) is 5.54 Å². The van der Waals surface area contributed by atoms with Crippen LogP contribution in [0.3, 0.4) is 0 Å². The summed E-state index contributed by atoms with van der Waals surface area (Å²) in [4.78, 5) is 4.00. The molecule has 0 saturated carbocycles. The molecule has 2 aromatic rings. The molecular formula is C11H14N4. The number of nitrogens with zero attached hydrogens (tertiary/aromatic N) is 3. The molecule has 0 saturated heterocycles. The highest BCUT2D eigenvalue weighted by molar-refractivity contribution is 5.22. The van der Waals surface area contributed by atoms with E-state index < -0.39 is 0 Å². The molecule has 2 aromatic heterocycles. The number of hydrogen-bond donors (Lipinski definition) is 1. The Kier molecular flexibility index (Phi) is 2.51. The van der Waals surface area contributed by atoms with E-state index in [2.05, 4.69) is 17.0 Å². The summed E-state index contributed by atoms with van der Waals surface area (Å²) >= 11 is 0. The maximum Gasteiger partial charge on any atom is 0.0970 e. The van der Waals surface area contributed by atoms with Crippen molar-refractivity contribution in [2.75, 3.05) is 6.54 Å². The molecule has 0 aromatic carbocycles. The van der Waals surface area contributed by atoms with Gasteiger partial charge in [0.15, 0.2) is 0 Å². The van der Waals surface area contributed by atoms with Gasteiger partial charge in [0, 0.05) is 31.3 Å². The first-order chi connectivity index (χ1) is 7.27. The number of pyridine rings is 1. The molecular weight excluding hydrogens is 188 g/mol. The molecule has 78 valence electrons. The highest BCUT2D eigenvalue weighted by Crippen LogP contribution is 2.22. The van der Waals surface area contributed by atoms with Crippen LogP contribution in [0.5, 0.6) is 0 Å². The van der Waals surface area contributed by atoms with Crippen LogP contribution in [-0.4, -0.2) is 21.3 Å². The summed E-state index contributed by atoms with van der Waals surface area (Å²) in [6.07, 6.45) is 7.22. The summed E-state index contributed by atoms with van der Waals surface area (Å²) in [6, 6.07) is 5.83. The fraction of sp³-hybridized carbons (Fsp3) is 0.273. The van der Waals surface area contributed by atoms with Gasteiger partial charge >= 0.3 is 0 Å². The van der Waals surface area contributed by atoms with Crippen molar-refractivity contribution in [2.45, 2.75) is 12.5 Å². The molecule has 4 nitrogen and oxygen atoms in total. The van der Waals surface area contributed by atoms with Gasteiger partial charge in [0.2, 0.25) is 0 Å². The molecule has 2 heterocycles. The molecule has 0 bridgehead atoms. The van der Waals surface area contributed by atoms with Crippen molar-refractivity contribution in [1.29, 1.82) is 0 Å². The minimum Gasteiger partial charge on any atom is -0.328 e. The van der Waals surface area contributed by atoms with Gasteiger partial charge in [0.1, 0.15) is 0 Å². The summed E-state index contributed by atoms with van der Waals surface area (Å²) in [5.41, 5.74) is 6.66. The van der Waals surface area contributed by atoms with Gasteiger partial charge in [-0.15, -0.1) is 0 Å². The summed E-state index contributed by atoms with van der Waals surface area (Å²) in [7, 11) is 0. The third kappa shape index (κ3) is 1.64. The predicted molar refractivity (Wildman–Crippen MR) is 58.3 cm³/mol. The molecule has 15 heavy (non-hydrogen) atoms. The van der Waals surface area contributed by atoms with E-state index in [9.17, 15) is 0 Å². The zero-order valence-electron chi connectivity index (χ0n) is 8.67. The maximum atomic E-state index is 5.85. The largest absolute Gasteiger partial charge is 0.328 e. The van der Waals surface area contributed by atoms with Crippen LogP contribution in [-0.2, 0) is 5.54 Å². The fourth-order valence-corrected chi connectivity index (χ4v) is 1.62. The number of rotatable bonds is 3. The SMILES string of the molecule is CC(CN)(c1ccncc1)n1cccn1. The lowest BCUT2D eigenvalue weighted by molar-refractivity contribution is 0.363. The summed E-state index contributed by atoms with van der Waals surface area (Å²) < 4.78 is 1.88. The van der Waals surface area contributed by atoms with Crippen LogP contribution in [0.15, 0.2) is 43.0 Å². The number of hydrogen-bond acceptors (Lipinski definition) is 3. The molecule has 0 aliphatic heterocycles. The van der Waals surface area contributed by atoms with Crippen LogP contribution < -0.4 is 5.73 Å². The lowest BCUT2D eigenvalue weighted by Crippen LogP contribution is -2.39. The van der Waals surface area contributed by atoms with Crippen molar-refractivity contribution in [1.82, 2.24) is 14.8 Å². The molecule has 0 radical (unpaired) electrons. The summed E-state index contributed by atoms with van der Waals surface area (Å²) in [5, 5.41) is 4.25. The molecule has 0 spiro atoms. The molecule has 2 N–H and O–H groups in total. The van der Waals surface area contributed by atoms with Crippen molar-refractivity contribution >= 4 is 0 Å². The highest BCUT2D eigenvalue weighted by atomic mass is 15.3. The Hall–Kier alpha value is -1.68.